The van der Waals surface area contributed by atoms with E-state index in [9.17, 15) is 4.79 Å². The highest BCUT2D eigenvalue weighted by Gasteiger charge is 2.18. The van der Waals surface area contributed by atoms with E-state index in [1.54, 1.807) is 0 Å². The number of hydrogen-bond acceptors (Lipinski definition) is 3. The Morgan fingerprint density at radius 2 is 2.00 bits per heavy atom. The van der Waals surface area contributed by atoms with Gasteiger partial charge in [0.05, 0.1) is 12.6 Å². The molecule has 1 aliphatic rings. The third-order valence-electron chi connectivity index (χ3n) is 3.49. The number of nitrogens with zero attached hydrogens (tertiary/aromatic N) is 1. The Balaban J connectivity index is 2.22. The molecule has 1 rings (SSSR count). The first-order chi connectivity index (χ1) is 8.65. The SMILES string of the molecule is C#CCNC(=O)C(C)NCC(C)N1CCCCC1. The lowest BCUT2D eigenvalue weighted by Gasteiger charge is -2.33. The molecule has 4 heteroatoms. The molecule has 18 heavy (non-hydrogen) atoms. The summed E-state index contributed by atoms with van der Waals surface area (Å²) in [5.41, 5.74) is 0. The Morgan fingerprint density at radius 1 is 1.33 bits per heavy atom. The summed E-state index contributed by atoms with van der Waals surface area (Å²) in [4.78, 5) is 14.1. The van der Waals surface area contributed by atoms with E-state index in [-0.39, 0.29) is 11.9 Å². The average molecular weight is 251 g/mol. The summed E-state index contributed by atoms with van der Waals surface area (Å²) in [6.45, 7) is 7.58. The maximum atomic E-state index is 11.6. The second-order valence-corrected chi connectivity index (χ2v) is 5.00. The van der Waals surface area contributed by atoms with E-state index in [4.69, 9.17) is 6.42 Å². The zero-order chi connectivity index (χ0) is 13.4. The first-order valence-electron chi connectivity index (χ1n) is 6.83. The summed E-state index contributed by atoms with van der Waals surface area (Å²) in [5.74, 6) is 2.37. The number of hydrogen-bond donors (Lipinski definition) is 2. The van der Waals surface area contributed by atoms with E-state index < -0.39 is 0 Å². The predicted octanol–water partition coefficient (Wildman–Crippen LogP) is 0.588. The fraction of sp³-hybridized carbons (Fsp3) is 0.786. The fourth-order valence-corrected chi connectivity index (χ4v) is 2.22. The summed E-state index contributed by atoms with van der Waals surface area (Å²) in [6, 6.07) is 0.291. The number of piperidine rings is 1. The van der Waals surface area contributed by atoms with Crippen LogP contribution in [0.25, 0.3) is 0 Å². The minimum atomic E-state index is -0.189. The van der Waals surface area contributed by atoms with E-state index >= 15 is 0 Å². The first-order valence-corrected chi connectivity index (χ1v) is 6.83. The zero-order valence-electron chi connectivity index (χ0n) is 11.5. The van der Waals surface area contributed by atoms with Crippen LogP contribution in [0.5, 0.6) is 0 Å². The van der Waals surface area contributed by atoms with E-state index in [2.05, 4.69) is 28.4 Å². The Hall–Kier alpha value is -1.05. The highest BCUT2D eigenvalue weighted by molar-refractivity contribution is 5.81. The van der Waals surface area contributed by atoms with Gasteiger partial charge in [0.15, 0.2) is 0 Å². The van der Waals surface area contributed by atoms with Gasteiger partial charge in [-0.15, -0.1) is 6.42 Å². The van der Waals surface area contributed by atoms with Crippen molar-refractivity contribution in [2.75, 3.05) is 26.2 Å². The largest absolute Gasteiger partial charge is 0.344 e. The van der Waals surface area contributed by atoms with Crippen LogP contribution in [0.4, 0.5) is 0 Å². The molecule has 1 aliphatic heterocycles. The molecule has 4 nitrogen and oxygen atoms in total. The molecular formula is C14H25N3O. The molecule has 0 aromatic rings. The third-order valence-corrected chi connectivity index (χ3v) is 3.49. The summed E-state index contributed by atoms with van der Waals surface area (Å²) in [7, 11) is 0. The number of nitrogens with one attached hydrogen (secondary N) is 2. The lowest BCUT2D eigenvalue weighted by Crippen LogP contribution is -2.49. The van der Waals surface area contributed by atoms with Gasteiger partial charge in [0.25, 0.3) is 0 Å². The molecule has 0 bridgehead atoms. The molecule has 0 aromatic carbocycles. The maximum Gasteiger partial charge on any atom is 0.237 e. The molecular weight excluding hydrogens is 226 g/mol. The molecule has 0 radical (unpaired) electrons. The molecule has 102 valence electrons. The second-order valence-electron chi connectivity index (χ2n) is 5.00. The zero-order valence-corrected chi connectivity index (χ0v) is 11.5. The molecule has 2 atom stereocenters. The quantitative estimate of drug-likeness (QED) is 0.679. The van der Waals surface area contributed by atoms with Crippen LogP contribution in [0, 0.1) is 12.3 Å². The van der Waals surface area contributed by atoms with Crippen LogP contribution in [0.3, 0.4) is 0 Å². The summed E-state index contributed by atoms with van der Waals surface area (Å²) in [6.07, 6.45) is 9.04. The Morgan fingerprint density at radius 3 is 2.61 bits per heavy atom. The lowest BCUT2D eigenvalue weighted by molar-refractivity contribution is -0.122. The van der Waals surface area contributed by atoms with Gasteiger partial charge in [-0.1, -0.05) is 12.3 Å². The summed E-state index contributed by atoms with van der Waals surface area (Å²) < 4.78 is 0. The number of rotatable bonds is 6. The standard InChI is InChI=1S/C14H25N3O/c1-4-8-15-14(18)13(3)16-11-12(2)17-9-6-5-7-10-17/h1,12-13,16H,5-11H2,2-3H3,(H,15,18). The fourth-order valence-electron chi connectivity index (χ4n) is 2.22. The Labute approximate surface area is 110 Å². The molecule has 0 spiro atoms. The molecule has 1 fully saturated rings. The van der Waals surface area contributed by atoms with Crippen molar-refractivity contribution in [3.8, 4) is 12.3 Å². The van der Waals surface area contributed by atoms with Crippen LogP contribution < -0.4 is 10.6 Å². The van der Waals surface area contributed by atoms with Crippen molar-refractivity contribution in [3.05, 3.63) is 0 Å². The number of carbonyl (C=O) groups excluding carboxylic acids is 1. The van der Waals surface area contributed by atoms with Crippen LogP contribution in [0.2, 0.25) is 0 Å². The maximum absolute atomic E-state index is 11.6. The smallest absolute Gasteiger partial charge is 0.237 e. The molecule has 0 aliphatic carbocycles. The van der Waals surface area contributed by atoms with Crippen molar-refractivity contribution in [3.63, 3.8) is 0 Å². The van der Waals surface area contributed by atoms with Gasteiger partial charge >= 0.3 is 0 Å². The normalized spacial score (nSPS) is 19.8. The van der Waals surface area contributed by atoms with Gasteiger partial charge in [0.2, 0.25) is 5.91 Å². The van der Waals surface area contributed by atoms with Gasteiger partial charge in [0.1, 0.15) is 0 Å². The van der Waals surface area contributed by atoms with Gasteiger partial charge < -0.3 is 10.6 Å². The van der Waals surface area contributed by atoms with Crippen molar-refractivity contribution in [2.24, 2.45) is 0 Å². The molecule has 2 unspecified atom stereocenters. The third kappa shape index (κ3) is 5.07. The summed E-state index contributed by atoms with van der Waals surface area (Å²) in [5, 5.41) is 5.95. The average Bonchev–Trinajstić information content (AvgIpc) is 2.42. The Kier molecular flexibility index (Phi) is 6.77. The van der Waals surface area contributed by atoms with Gasteiger partial charge in [-0.25, -0.2) is 0 Å². The van der Waals surface area contributed by atoms with Crippen molar-refractivity contribution < 1.29 is 4.79 Å². The van der Waals surface area contributed by atoms with Gasteiger partial charge in [-0.2, -0.15) is 0 Å². The molecule has 1 saturated heterocycles. The number of terminal acetylenes is 1. The number of carbonyl (C=O) groups is 1. The molecule has 1 amide bonds. The molecule has 2 N–H and O–H groups in total. The van der Waals surface area contributed by atoms with Crippen LogP contribution in [0.1, 0.15) is 33.1 Å². The highest BCUT2D eigenvalue weighted by atomic mass is 16.2. The van der Waals surface area contributed by atoms with E-state index in [0.717, 1.165) is 6.54 Å². The van der Waals surface area contributed by atoms with Crippen molar-refractivity contribution in [2.45, 2.75) is 45.2 Å². The topological polar surface area (TPSA) is 44.4 Å². The number of amides is 1. The van der Waals surface area contributed by atoms with Crippen LogP contribution in [-0.4, -0.2) is 49.1 Å². The van der Waals surface area contributed by atoms with Crippen molar-refractivity contribution >= 4 is 5.91 Å². The predicted molar refractivity (Wildman–Crippen MR) is 74.2 cm³/mol. The van der Waals surface area contributed by atoms with Crippen LogP contribution in [0.15, 0.2) is 0 Å². The van der Waals surface area contributed by atoms with Gasteiger partial charge in [-0.3, -0.25) is 9.69 Å². The molecule has 0 aromatic heterocycles. The van der Waals surface area contributed by atoms with Crippen LogP contribution in [-0.2, 0) is 4.79 Å². The first kappa shape index (κ1) is 15.0. The number of likely N-dealkylation sites (tertiary alicyclic amines) is 1. The summed E-state index contributed by atoms with van der Waals surface area (Å²) >= 11 is 0. The Bertz CT molecular complexity index is 292. The molecule has 0 saturated carbocycles. The van der Waals surface area contributed by atoms with E-state index in [0.29, 0.717) is 12.6 Å². The van der Waals surface area contributed by atoms with Crippen LogP contribution >= 0.6 is 0 Å². The minimum Gasteiger partial charge on any atom is -0.344 e. The monoisotopic (exact) mass is 251 g/mol. The van der Waals surface area contributed by atoms with Crippen molar-refractivity contribution in [1.29, 1.82) is 0 Å². The highest BCUT2D eigenvalue weighted by Crippen LogP contribution is 2.11. The van der Waals surface area contributed by atoms with Gasteiger partial charge in [-0.05, 0) is 39.8 Å². The minimum absolute atomic E-state index is 0.0289. The van der Waals surface area contributed by atoms with Crippen molar-refractivity contribution in [1.82, 2.24) is 15.5 Å². The van der Waals surface area contributed by atoms with E-state index in [1.165, 1.54) is 32.4 Å². The molecule has 1 heterocycles. The lowest BCUT2D eigenvalue weighted by atomic mass is 10.1. The second kappa shape index (κ2) is 8.12. The van der Waals surface area contributed by atoms with Gasteiger partial charge in [0, 0.05) is 12.6 Å². The van der Waals surface area contributed by atoms with E-state index in [1.807, 2.05) is 6.92 Å².